The normalized spacial score (nSPS) is 15.0. The molecule has 0 saturated heterocycles. The van der Waals surface area contributed by atoms with E-state index in [0.29, 0.717) is 49.8 Å². The molecule has 1 aliphatic carbocycles. The SMILES string of the molecule is COCCCOc1cc(CN(C(=O)C2=C(c3cccc(-c4cccc(O)c4)c3)CCN(C(=O)OC(C)(C)C)C2)C2CC2)cc(OC)c1. The molecule has 9 nitrogen and oxygen atoms in total. The zero-order valence-corrected chi connectivity index (χ0v) is 28.1. The molecule has 1 heterocycles. The fourth-order valence-corrected chi connectivity index (χ4v) is 5.77. The Bertz CT molecular complexity index is 1610. The van der Waals surface area contributed by atoms with E-state index in [4.69, 9.17) is 18.9 Å². The van der Waals surface area contributed by atoms with Crippen LogP contribution in [-0.4, -0.2) is 79.1 Å². The Morgan fingerprint density at radius 1 is 0.915 bits per heavy atom. The van der Waals surface area contributed by atoms with Crippen LogP contribution in [0.2, 0.25) is 0 Å². The Morgan fingerprint density at radius 2 is 1.62 bits per heavy atom. The van der Waals surface area contributed by atoms with Gasteiger partial charge in [-0.15, -0.1) is 0 Å². The number of carbonyl (C=O) groups is 2. The molecule has 1 fully saturated rings. The Kier molecular flexibility index (Phi) is 10.8. The monoisotopic (exact) mass is 642 g/mol. The third-order valence-corrected chi connectivity index (χ3v) is 8.18. The standard InChI is InChI=1S/C38H46N2O7/c1-38(2,3)47-37(43)39-16-15-34(29-11-6-9-27(21-29)28-10-7-12-31(41)22-28)35(25-39)36(42)40(30-13-14-30)24-26-19-32(45-5)23-33(20-26)46-18-8-17-44-4/h6-7,9-12,19-23,30,41H,8,13-18,24-25H2,1-5H3. The van der Waals surface area contributed by atoms with Crippen molar-refractivity contribution in [1.29, 1.82) is 0 Å². The molecule has 0 radical (unpaired) electrons. The smallest absolute Gasteiger partial charge is 0.410 e. The van der Waals surface area contributed by atoms with Gasteiger partial charge in [0, 0.05) is 50.9 Å². The highest BCUT2D eigenvalue weighted by atomic mass is 16.6. The minimum atomic E-state index is -0.656. The predicted octanol–water partition coefficient (Wildman–Crippen LogP) is 7.07. The molecule has 0 bridgehead atoms. The second-order valence-electron chi connectivity index (χ2n) is 13.1. The van der Waals surface area contributed by atoms with E-state index in [1.165, 1.54) is 0 Å². The molecule has 3 aromatic carbocycles. The summed E-state index contributed by atoms with van der Waals surface area (Å²) in [6.45, 7) is 7.59. The molecule has 47 heavy (non-hydrogen) atoms. The average Bonchev–Trinajstić information content (AvgIpc) is 3.90. The number of methoxy groups -OCH3 is 2. The summed E-state index contributed by atoms with van der Waals surface area (Å²) in [5.74, 6) is 1.43. The van der Waals surface area contributed by atoms with Crippen molar-refractivity contribution < 1.29 is 33.6 Å². The lowest BCUT2D eigenvalue weighted by molar-refractivity contribution is -0.128. The number of hydrogen-bond donors (Lipinski definition) is 1. The molecule has 2 aliphatic rings. The number of carbonyl (C=O) groups excluding carboxylic acids is 2. The highest BCUT2D eigenvalue weighted by Gasteiger charge is 2.38. The number of phenols is 1. The van der Waals surface area contributed by atoms with Crippen molar-refractivity contribution in [2.75, 3.05) is 40.5 Å². The van der Waals surface area contributed by atoms with Gasteiger partial charge >= 0.3 is 6.09 Å². The van der Waals surface area contributed by atoms with Crippen LogP contribution >= 0.6 is 0 Å². The third-order valence-electron chi connectivity index (χ3n) is 8.18. The van der Waals surface area contributed by atoms with E-state index in [0.717, 1.165) is 47.1 Å². The number of nitrogens with zero attached hydrogens (tertiary/aromatic N) is 2. The van der Waals surface area contributed by atoms with Crippen LogP contribution in [0.5, 0.6) is 17.2 Å². The van der Waals surface area contributed by atoms with Gasteiger partial charge in [-0.2, -0.15) is 0 Å². The minimum Gasteiger partial charge on any atom is -0.508 e. The van der Waals surface area contributed by atoms with Crippen molar-refractivity contribution >= 4 is 17.6 Å². The van der Waals surface area contributed by atoms with Gasteiger partial charge in [-0.25, -0.2) is 4.79 Å². The summed E-state index contributed by atoms with van der Waals surface area (Å²) in [5, 5.41) is 10.1. The highest BCUT2D eigenvalue weighted by Crippen LogP contribution is 2.36. The van der Waals surface area contributed by atoms with Crippen LogP contribution in [-0.2, 0) is 20.8 Å². The second-order valence-corrected chi connectivity index (χ2v) is 13.1. The molecule has 1 aliphatic heterocycles. The Hall–Kier alpha value is -4.50. The van der Waals surface area contributed by atoms with Crippen molar-refractivity contribution in [2.45, 2.75) is 64.6 Å². The molecule has 2 amide bonds. The topological polar surface area (TPSA) is 97.8 Å². The highest BCUT2D eigenvalue weighted by molar-refractivity contribution is 6.03. The zero-order chi connectivity index (χ0) is 33.6. The van der Waals surface area contributed by atoms with E-state index in [2.05, 4.69) is 6.07 Å². The summed E-state index contributed by atoms with van der Waals surface area (Å²) in [5.41, 5.74) is 4.47. The lowest BCUT2D eigenvalue weighted by Gasteiger charge is -2.34. The first kappa shape index (κ1) is 33.9. The van der Waals surface area contributed by atoms with Gasteiger partial charge in [-0.3, -0.25) is 4.79 Å². The van der Waals surface area contributed by atoms with Gasteiger partial charge in [0.15, 0.2) is 0 Å². The number of amides is 2. The largest absolute Gasteiger partial charge is 0.508 e. The molecule has 0 atom stereocenters. The summed E-state index contributed by atoms with van der Waals surface area (Å²) >= 11 is 0. The maximum Gasteiger partial charge on any atom is 0.410 e. The number of aromatic hydroxyl groups is 1. The van der Waals surface area contributed by atoms with Crippen molar-refractivity contribution in [1.82, 2.24) is 9.80 Å². The summed E-state index contributed by atoms with van der Waals surface area (Å²) in [7, 11) is 3.28. The molecule has 9 heteroatoms. The van der Waals surface area contributed by atoms with E-state index in [1.807, 2.05) is 74.2 Å². The summed E-state index contributed by atoms with van der Waals surface area (Å²) in [4.78, 5) is 31.5. The summed E-state index contributed by atoms with van der Waals surface area (Å²) in [6.07, 6.45) is 2.66. The number of phenolic OH excluding ortho intramolecular Hbond substituents is 1. The van der Waals surface area contributed by atoms with Crippen LogP contribution in [0.25, 0.3) is 16.7 Å². The average molecular weight is 643 g/mol. The molecule has 3 aromatic rings. The molecular formula is C38H46N2O7. The van der Waals surface area contributed by atoms with Crippen LogP contribution in [0.3, 0.4) is 0 Å². The molecule has 250 valence electrons. The van der Waals surface area contributed by atoms with Crippen molar-refractivity contribution in [3.63, 3.8) is 0 Å². The van der Waals surface area contributed by atoms with Gasteiger partial charge in [-0.05, 0) is 98.2 Å². The van der Waals surface area contributed by atoms with Crippen molar-refractivity contribution in [3.8, 4) is 28.4 Å². The van der Waals surface area contributed by atoms with Gasteiger partial charge in [0.1, 0.15) is 22.8 Å². The molecule has 5 rings (SSSR count). The van der Waals surface area contributed by atoms with E-state index < -0.39 is 11.7 Å². The van der Waals surface area contributed by atoms with E-state index in [1.54, 1.807) is 31.3 Å². The van der Waals surface area contributed by atoms with E-state index >= 15 is 0 Å². The second kappa shape index (κ2) is 14.9. The van der Waals surface area contributed by atoms with Gasteiger partial charge in [-0.1, -0.05) is 30.3 Å². The molecule has 0 spiro atoms. The lowest BCUT2D eigenvalue weighted by atomic mass is 9.90. The van der Waals surface area contributed by atoms with E-state index in [9.17, 15) is 14.7 Å². The van der Waals surface area contributed by atoms with Crippen molar-refractivity contribution in [2.24, 2.45) is 0 Å². The Balaban J connectivity index is 1.49. The third kappa shape index (κ3) is 9.07. The summed E-state index contributed by atoms with van der Waals surface area (Å²) < 4.78 is 22.4. The van der Waals surface area contributed by atoms with Crippen LogP contribution < -0.4 is 9.47 Å². The quantitative estimate of drug-likeness (QED) is 0.211. The lowest BCUT2D eigenvalue weighted by Crippen LogP contribution is -2.44. The Morgan fingerprint density at radius 3 is 2.30 bits per heavy atom. The van der Waals surface area contributed by atoms with Gasteiger partial charge in [0.2, 0.25) is 0 Å². The van der Waals surface area contributed by atoms with Gasteiger partial charge < -0.3 is 33.9 Å². The van der Waals surface area contributed by atoms with Crippen LogP contribution in [0.1, 0.15) is 57.6 Å². The fourth-order valence-electron chi connectivity index (χ4n) is 5.77. The zero-order valence-electron chi connectivity index (χ0n) is 28.1. The van der Waals surface area contributed by atoms with Crippen LogP contribution in [0.4, 0.5) is 4.79 Å². The van der Waals surface area contributed by atoms with Crippen LogP contribution in [0, 0.1) is 0 Å². The van der Waals surface area contributed by atoms with Gasteiger partial charge in [0.25, 0.3) is 5.91 Å². The predicted molar refractivity (Wildman–Crippen MR) is 181 cm³/mol. The fraction of sp³-hybridized carbons (Fsp3) is 0.421. The first-order valence-electron chi connectivity index (χ1n) is 16.2. The van der Waals surface area contributed by atoms with E-state index in [-0.39, 0.29) is 24.2 Å². The minimum absolute atomic E-state index is 0.0936. The number of ether oxygens (including phenoxy) is 4. The summed E-state index contributed by atoms with van der Waals surface area (Å²) in [6, 6.07) is 21.0. The Labute approximate surface area is 277 Å². The molecule has 1 saturated carbocycles. The maximum atomic E-state index is 14.7. The number of hydrogen-bond acceptors (Lipinski definition) is 7. The number of rotatable bonds is 12. The molecule has 0 aromatic heterocycles. The molecule has 1 N–H and O–H groups in total. The first-order chi connectivity index (χ1) is 22.5. The maximum absolute atomic E-state index is 14.7. The van der Waals surface area contributed by atoms with Crippen LogP contribution in [0.15, 0.2) is 72.3 Å². The number of benzene rings is 3. The van der Waals surface area contributed by atoms with Gasteiger partial charge in [0.05, 0.1) is 20.3 Å². The first-order valence-corrected chi connectivity index (χ1v) is 16.2. The molecular weight excluding hydrogens is 596 g/mol. The van der Waals surface area contributed by atoms with Crippen molar-refractivity contribution in [3.05, 3.63) is 83.4 Å². The molecule has 0 unspecified atom stereocenters.